The summed E-state index contributed by atoms with van der Waals surface area (Å²) < 4.78 is 11.4. The smallest absolute Gasteiger partial charge is 0.196 e. The normalized spacial score (nSPS) is 22.6. The molecule has 0 aromatic carbocycles. The minimum atomic E-state index is 0.303. The molecule has 2 unspecified atom stereocenters. The molecule has 0 radical (unpaired) electrons. The first-order valence-corrected chi connectivity index (χ1v) is 6.50. The maximum absolute atomic E-state index is 5.73. The van der Waals surface area contributed by atoms with Gasteiger partial charge in [0, 0.05) is 19.1 Å². The van der Waals surface area contributed by atoms with E-state index in [1.165, 1.54) is 12.8 Å². The van der Waals surface area contributed by atoms with Crippen LogP contribution in [0.25, 0.3) is 0 Å². The van der Waals surface area contributed by atoms with Gasteiger partial charge in [-0.3, -0.25) is 0 Å². The fraction of sp³-hybridized carbons (Fsp3) is 0.769. The molecule has 4 nitrogen and oxygen atoms in total. The van der Waals surface area contributed by atoms with E-state index in [-0.39, 0.29) is 0 Å². The number of nitrogens with one attached hydrogen (secondary N) is 1. The van der Waals surface area contributed by atoms with E-state index in [2.05, 4.69) is 17.2 Å². The molecular weight excluding hydrogens is 216 g/mol. The predicted octanol–water partition coefficient (Wildman–Crippen LogP) is 1.94. The highest BCUT2D eigenvalue weighted by Gasteiger charge is 2.17. The van der Waals surface area contributed by atoms with Gasteiger partial charge in [-0.15, -0.1) is 0 Å². The van der Waals surface area contributed by atoms with Crippen LogP contribution in [0.5, 0.6) is 0 Å². The van der Waals surface area contributed by atoms with Crippen molar-refractivity contribution in [2.45, 2.75) is 51.2 Å². The number of likely N-dealkylation sites (N-methyl/N-ethyl adjacent to an activating group) is 1. The summed E-state index contributed by atoms with van der Waals surface area (Å²) in [6, 6.07) is 0.418. The van der Waals surface area contributed by atoms with Crippen molar-refractivity contribution < 1.29 is 9.15 Å². The third-order valence-corrected chi connectivity index (χ3v) is 3.28. The van der Waals surface area contributed by atoms with Crippen molar-refractivity contribution in [2.24, 2.45) is 0 Å². The van der Waals surface area contributed by atoms with Gasteiger partial charge in [0.05, 0.1) is 18.7 Å². The van der Waals surface area contributed by atoms with Gasteiger partial charge in [-0.1, -0.05) is 0 Å². The SMILES string of the molecule is CNC(C)Cc1cnc(CC2CCCCO2)o1. The van der Waals surface area contributed by atoms with Crippen LogP contribution in [0.15, 0.2) is 10.6 Å². The van der Waals surface area contributed by atoms with E-state index >= 15 is 0 Å². The van der Waals surface area contributed by atoms with Crippen LogP contribution in [-0.4, -0.2) is 30.8 Å². The van der Waals surface area contributed by atoms with Crippen LogP contribution in [0.4, 0.5) is 0 Å². The van der Waals surface area contributed by atoms with E-state index in [9.17, 15) is 0 Å². The maximum Gasteiger partial charge on any atom is 0.196 e. The summed E-state index contributed by atoms with van der Waals surface area (Å²) >= 11 is 0. The molecule has 0 saturated carbocycles. The number of hydrogen-bond acceptors (Lipinski definition) is 4. The lowest BCUT2D eigenvalue weighted by atomic mass is 10.1. The van der Waals surface area contributed by atoms with Gasteiger partial charge >= 0.3 is 0 Å². The average Bonchev–Trinajstić information content (AvgIpc) is 2.77. The molecule has 1 fully saturated rings. The molecule has 0 bridgehead atoms. The first-order chi connectivity index (χ1) is 8.28. The highest BCUT2D eigenvalue weighted by atomic mass is 16.5. The summed E-state index contributed by atoms with van der Waals surface area (Å²) in [7, 11) is 1.96. The number of hydrogen-bond donors (Lipinski definition) is 1. The lowest BCUT2D eigenvalue weighted by Gasteiger charge is -2.20. The highest BCUT2D eigenvalue weighted by Crippen LogP contribution is 2.17. The first-order valence-electron chi connectivity index (χ1n) is 6.50. The molecule has 1 N–H and O–H groups in total. The van der Waals surface area contributed by atoms with Crippen molar-refractivity contribution in [3.05, 3.63) is 17.8 Å². The van der Waals surface area contributed by atoms with Crippen molar-refractivity contribution in [3.63, 3.8) is 0 Å². The zero-order valence-corrected chi connectivity index (χ0v) is 10.7. The van der Waals surface area contributed by atoms with Crippen LogP contribution < -0.4 is 5.32 Å². The van der Waals surface area contributed by atoms with E-state index in [1.54, 1.807) is 0 Å². The molecule has 1 aromatic heterocycles. The Labute approximate surface area is 103 Å². The Balaban J connectivity index is 1.84. The maximum atomic E-state index is 5.73. The summed E-state index contributed by atoms with van der Waals surface area (Å²) in [6.07, 6.45) is 7.42. The topological polar surface area (TPSA) is 47.3 Å². The van der Waals surface area contributed by atoms with Gasteiger partial charge in [0.1, 0.15) is 5.76 Å². The van der Waals surface area contributed by atoms with Gasteiger partial charge < -0.3 is 14.5 Å². The summed E-state index contributed by atoms with van der Waals surface area (Å²) in [4.78, 5) is 4.32. The molecule has 17 heavy (non-hydrogen) atoms. The van der Waals surface area contributed by atoms with Crippen LogP contribution >= 0.6 is 0 Å². The quantitative estimate of drug-likeness (QED) is 0.851. The van der Waals surface area contributed by atoms with Crippen LogP contribution in [0.3, 0.4) is 0 Å². The van der Waals surface area contributed by atoms with Crippen molar-refractivity contribution >= 4 is 0 Å². The van der Waals surface area contributed by atoms with Gasteiger partial charge in [-0.25, -0.2) is 4.98 Å². The summed E-state index contributed by atoms with van der Waals surface area (Å²) in [5, 5.41) is 3.19. The number of rotatable bonds is 5. The summed E-state index contributed by atoms with van der Waals surface area (Å²) in [6.45, 7) is 3.02. The second-order valence-corrected chi connectivity index (χ2v) is 4.81. The van der Waals surface area contributed by atoms with Crippen molar-refractivity contribution in [3.8, 4) is 0 Å². The monoisotopic (exact) mass is 238 g/mol. The Morgan fingerprint density at radius 2 is 2.41 bits per heavy atom. The second kappa shape index (κ2) is 6.17. The molecule has 96 valence electrons. The Bertz CT molecular complexity index is 332. The molecule has 1 aromatic rings. The Morgan fingerprint density at radius 3 is 3.12 bits per heavy atom. The van der Waals surface area contributed by atoms with E-state index in [1.807, 2.05) is 13.2 Å². The van der Waals surface area contributed by atoms with Crippen LogP contribution in [-0.2, 0) is 17.6 Å². The lowest BCUT2D eigenvalue weighted by molar-refractivity contribution is 0.0130. The Kier molecular flexibility index (Phi) is 4.57. The molecule has 0 amide bonds. The van der Waals surface area contributed by atoms with Crippen LogP contribution in [0, 0.1) is 0 Å². The highest BCUT2D eigenvalue weighted by molar-refractivity contribution is 4.97. The molecule has 0 aliphatic carbocycles. The van der Waals surface area contributed by atoms with Gasteiger partial charge in [0.25, 0.3) is 0 Å². The Hall–Kier alpha value is -0.870. The van der Waals surface area contributed by atoms with Gasteiger partial charge in [0.15, 0.2) is 5.89 Å². The summed E-state index contributed by atoms with van der Waals surface area (Å²) in [5.74, 6) is 1.77. The molecule has 1 aliphatic heterocycles. The summed E-state index contributed by atoms with van der Waals surface area (Å²) in [5.41, 5.74) is 0. The van der Waals surface area contributed by atoms with Gasteiger partial charge in [-0.05, 0) is 33.2 Å². The standard InChI is InChI=1S/C13H22N2O2/c1-10(14-2)7-12-9-15-13(17-12)8-11-5-3-4-6-16-11/h9-11,14H,3-8H2,1-2H3. The van der Waals surface area contributed by atoms with E-state index in [4.69, 9.17) is 9.15 Å². The second-order valence-electron chi connectivity index (χ2n) is 4.81. The van der Waals surface area contributed by atoms with E-state index < -0.39 is 0 Å². The largest absolute Gasteiger partial charge is 0.446 e. The molecule has 2 rings (SSSR count). The third kappa shape index (κ3) is 3.82. The molecule has 4 heteroatoms. The lowest BCUT2D eigenvalue weighted by Crippen LogP contribution is -2.23. The number of ether oxygens (including phenoxy) is 1. The molecular formula is C13H22N2O2. The van der Waals surface area contributed by atoms with Gasteiger partial charge in [-0.2, -0.15) is 0 Å². The van der Waals surface area contributed by atoms with Crippen LogP contribution in [0.2, 0.25) is 0 Å². The van der Waals surface area contributed by atoms with Crippen molar-refractivity contribution in [1.29, 1.82) is 0 Å². The van der Waals surface area contributed by atoms with Gasteiger partial charge in [0.2, 0.25) is 0 Å². The van der Waals surface area contributed by atoms with Crippen LogP contribution in [0.1, 0.15) is 37.8 Å². The van der Waals surface area contributed by atoms with Crippen molar-refractivity contribution in [2.75, 3.05) is 13.7 Å². The molecule has 2 heterocycles. The number of aromatic nitrogens is 1. The Morgan fingerprint density at radius 1 is 1.53 bits per heavy atom. The average molecular weight is 238 g/mol. The molecule has 2 atom stereocenters. The van der Waals surface area contributed by atoms with E-state index in [0.29, 0.717) is 12.1 Å². The molecule has 0 spiro atoms. The minimum Gasteiger partial charge on any atom is -0.446 e. The van der Waals surface area contributed by atoms with E-state index in [0.717, 1.165) is 37.5 Å². The molecule has 1 aliphatic rings. The molecule has 1 saturated heterocycles. The number of oxazole rings is 1. The zero-order valence-electron chi connectivity index (χ0n) is 10.7. The predicted molar refractivity (Wildman–Crippen MR) is 66.0 cm³/mol. The minimum absolute atomic E-state index is 0.303. The first kappa shape index (κ1) is 12.6. The number of nitrogens with zero attached hydrogens (tertiary/aromatic N) is 1. The fourth-order valence-electron chi connectivity index (χ4n) is 2.10. The van der Waals surface area contributed by atoms with Crippen molar-refractivity contribution in [1.82, 2.24) is 10.3 Å². The fourth-order valence-corrected chi connectivity index (χ4v) is 2.10. The zero-order chi connectivity index (χ0) is 12.1. The third-order valence-electron chi connectivity index (χ3n) is 3.28.